The van der Waals surface area contributed by atoms with Gasteiger partial charge in [0.25, 0.3) is 0 Å². The number of nitrogens with two attached hydrogens (primary N) is 1. The lowest BCUT2D eigenvalue weighted by Gasteiger charge is -2.27. The van der Waals surface area contributed by atoms with Crippen molar-refractivity contribution in [2.24, 2.45) is 10.7 Å². The quantitative estimate of drug-likeness (QED) is 0.437. The molecule has 24 heavy (non-hydrogen) atoms. The molecule has 0 aliphatic carbocycles. The molecule has 3 rings (SSSR count). The fraction of sp³-hybridized carbons (Fsp3) is 0.412. The number of rotatable bonds is 3. The zero-order valence-corrected chi connectivity index (χ0v) is 17.3. The van der Waals surface area contributed by atoms with E-state index in [2.05, 4.69) is 27.0 Å². The highest BCUT2D eigenvalue weighted by atomic mass is 127. The number of fused-ring (bicyclic) bond motifs is 1. The number of aliphatic imine (C=N–C) groups is 1. The van der Waals surface area contributed by atoms with Gasteiger partial charge in [-0.15, -0.1) is 24.0 Å². The molecule has 1 saturated heterocycles. The zero-order valence-electron chi connectivity index (χ0n) is 14.1. The Morgan fingerprint density at radius 3 is 2.71 bits per heavy atom. The summed E-state index contributed by atoms with van der Waals surface area (Å²) in [5.41, 5.74) is 8.34. The first-order chi connectivity index (χ1) is 11.1. The highest BCUT2D eigenvalue weighted by molar-refractivity contribution is 14.0. The summed E-state index contributed by atoms with van der Waals surface area (Å²) in [6.45, 7) is 2.55. The highest BCUT2D eigenvalue weighted by Gasteiger charge is 2.12. The number of benzene rings is 1. The van der Waals surface area contributed by atoms with Gasteiger partial charge in [0, 0.05) is 44.1 Å². The topological polar surface area (TPSA) is 57.8 Å². The van der Waals surface area contributed by atoms with E-state index in [1.54, 1.807) is 0 Å². The van der Waals surface area contributed by atoms with Crippen LogP contribution in [0.15, 0.2) is 35.3 Å². The van der Waals surface area contributed by atoms with E-state index in [0.717, 1.165) is 46.9 Å². The predicted octanol–water partition coefficient (Wildman–Crippen LogP) is 2.78. The summed E-state index contributed by atoms with van der Waals surface area (Å²) in [5, 5.41) is 1.14. The van der Waals surface area contributed by atoms with Gasteiger partial charge < -0.3 is 15.5 Å². The van der Waals surface area contributed by atoms with Gasteiger partial charge in [0.05, 0.1) is 12.1 Å². The number of hydrogen-bond acceptors (Lipinski definition) is 4. The molecule has 2 aromatic rings. The van der Waals surface area contributed by atoms with Crippen molar-refractivity contribution in [3.63, 3.8) is 0 Å². The molecule has 1 aromatic heterocycles. The maximum absolute atomic E-state index is 6.18. The summed E-state index contributed by atoms with van der Waals surface area (Å²) >= 11 is 1.97. The number of pyridine rings is 1. The normalized spacial score (nSPS) is 15.2. The van der Waals surface area contributed by atoms with Crippen molar-refractivity contribution in [2.45, 2.75) is 6.54 Å². The number of hydrogen-bond donors (Lipinski definition) is 1. The third kappa shape index (κ3) is 4.44. The van der Waals surface area contributed by atoms with Crippen molar-refractivity contribution in [2.75, 3.05) is 43.6 Å². The second-order valence-corrected chi connectivity index (χ2v) is 7.05. The fourth-order valence-electron chi connectivity index (χ4n) is 2.65. The zero-order chi connectivity index (χ0) is 16.2. The van der Waals surface area contributed by atoms with Crippen molar-refractivity contribution in [3.05, 3.63) is 35.9 Å². The third-order valence-corrected chi connectivity index (χ3v) is 4.94. The third-order valence-electron chi connectivity index (χ3n) is 3.99. The highest BCUT2D eigenvalue weighted by Crippen LogP contribution is 2.23. The largest absolute Gasteiger partial charge is 0.370 e. The Hall–Kier alpha value is -1.22. The molecule has 1 fully saturated rings. The average molecular weight is 457 g/mol. The molecule has 0 saturated carbocycles. The number of thioether (sulfide) groups is 1. The van der Waals surface area contributed by atoms with Crippen LogP contribution in [-0.2, 0) is 6.54 Å². The summed E-state index contributed by atoms with van der Waals surface area (Å²) in [6, 6.07) is 10.3. The predicted molar refractivity (Wildman–Crippen MR) is 116 cm³/mol. The first kappa shape index (κ1) is 19.1. The van der Waals surface area contributed by atoms with Crippen LogP contribution in [0.5, 0.6) is 0 Å². The minimum absolute atomic E-state index is 0. The van der Waals surface area contributed by atoms with Crippen LogP contribution in [0, 0.1) is 0 Å². The Kier molecular flexibility index (Phi) is 6.97. The maximum atomic E-state index is 6.18. The van der Waals surface area contributed by atoms with Crippen LogP contribution in [0.1, 0.15) is 5.56 Å². The van der Waals surface area contributed by atoms with Gasteiger partial charge in [-0.1, -0.05) is 18.2 Å². The van der Waals surface area contributed by atoms with E-state index in [-0.39, 0.29) is 24.0 Å². The molecule has 1 aliphatic rings. The molecule has 0 amide bonds. The van der Waals surface area contributed by atoms with Gasteiger partial charge in [-0.05, 0) is 17.7 Å². The lowest BCUT2D eigenvalue weighted by atomic mass is 10.1. The number of anilines is 1. The monoisotopic (exact) mass is 457 g/mol. The summed E-state index contributed by atoms with van der Waals surface area (Å²) in [7, 11) is 4.01. The Balaban J connectivity index is 0.00000208. The lowest BCUT2D eigenvalue weighted by Crippen LogP contribution is -2.42. The smallest absolute Gasteiger partial charge is 0.191 e. The number of aromatic nitrogens is 1. The van der Waals surface area contributed by atoms with E-state index in [0.29, 0.717) is 12.5 Å². The van der Waals surface area contributed by atoms with Gasteiger partial charge in [0.1, 0.15) is 5.82 Å². The lowest BCUT2D eigenvalue weighted by molar-refractivity contribution is 0.455. The number of halogens is 1. The Labute approximate surface area is 164 Å². The first-order valence-corrected chi connectivity index (χ1v) is 8.99. The van der Waals surface area contributed by atoms with Gasteiger partial charge in [0.2, 0.25) is 0 Å². The van der Waals surface area contributed by atoms with Gasteiger partial charge in [0.15, 0.2) is 5.96 Å². The molecule has 7 heteroatoms. The molecule has 0 radical (unpaired) electrons. The van der Waals surface area contributed by atoms with E-state index < -0.39 is 0 Å². The van der Waals surface area contributed by atoms with Gasteiger partial charge in [-0.25, -0.2) is 9.98 Å². The van der Waals surface area contributed by atoms with Gasteiger partial charge >= 0.3 is 0 Å². The van der Waals surface area contributed by atoms with Crippen molar-refractivity contribution in [1.29, 1.82) is 0 Å². The molecular weight excluding hydrogens is 433 g/mol. The number of para-hydroxylation sites is 1. The van der Waals surface area contributed by atoms with E-state index in [4.69, 9.17) is 5.73 Å². The molecule has 0 spiro atoms. The molecule has 5 nitrogen and oxygen atoms in total. The SMILES string of the molecule is CN(C)c1cc(CN=C(N)N2CCSCC2)c2ccccc2n1.I. The van der Waals surface area contributed by atoms with Crippen molar-refractivity contribution < 1.29 is 0 Å². The fourth-order valence-corrected chi connectivity index (χ4v) is 3.55. The molecule has 1 aromatic carbocycles. The number of nitrogens with zero attached hydrogens (tertiary/aromatic N) is 4. The standard InChI is InChI=1S/C17H23N5S.HI/c1-21(2)16-11-13(14-5-3-4-6-15(14)20-16)12-19-17(18)22-7-9-23-10-8-22;/h3-6,11H,7-10,12H2,1-2H3,(H2,18,19);1H. The summed E-state index contributed by atoms with van der Waals surface area (Å²) in [5.74, 6) is 3.85. The molecule has 0 atom stereocenters. The Morgan fingerprint density at radius 1 is 1.29 bits per heavy atom. The molecule has 1 aliphatic heterocycles. The Morgan fingerprint density at radius 2 is 2.00 bits per heavy atom. The summed E-state index contributed by atoms with van der Waals surface area (Å²) in [4.78, 5) is 13.5. The van der Waals surface area contributed by atoms with E-state index in [9.17, 15) is 0 Å². The Bertz CT molecular complexity index is 713. The molecular formula is C17H24IN5S. The maximum Gasteiger partial charge on any atom is 0.191 e. The van der Waals surface area contributed by atoms with Crippen LogP contribution < -0.4 is 10.6 Å². The van der Waals surface area contributed by atoms with E-state index in [1.807, 2.05) is 49.0 Å². The van der Waals surface area contributed by atoms with E-state index in [1.165, 1.54) is 0 Å². The second-order valence-electron chi connectivity index (χ2n) is 5.83. The van der Waals surface area contributed by atoms with Gasteiger partial charge in [-0.2, -0.15) is 11.8 Å². The molecule has 2 N–H and O–H groups in total. The molecule has 0 bridgehead atoms. The second kappa shape index (κ2) is 8.75. The molecule has 130 valence electrons. The van der Waals surface area contributed by atoms with Crippen molar-refractivity contribution in [1.82, 2.24) is 9.88 Å². The minimum atomic E-state index is 0. The van der Waals surface area contributed by atoms with Gasteiger partial charge in [-0.3, -0.25) is 0 Å². The first-order valence-electron chi connectivity index (χ1n) is 7.84. The van der Waals surface area contributed by atoms with Crippen LogP contribution in [-0.4, -0.2) is 54.5 Å². The number of guanidine groups is 1. The van der Waals surface area contributed by atoms with Crippen LogP contribution in [0.3, 0.4) is 0 Å². The molecule has 2 heterocycles. The van der Waals surface area contributed by atoms with Crippen LogP contribution in [0.25, 0.3) is 10.9 Å². The summed E-state index contributed by atoms with van der Waals surface area (Å²) in [6.07, 6.45) is 0. The van der Waals surface area contributed by atoms with Crippen LogP contribution >= 0.6 is 35.7 Å². The van der Waals surface area contributed by atoms with Crippen LogP contribution in [0.2, 0.25) is 0 Å². The van der Waals surface area contributed by atoms with E-state index >= 15 is 0 Å². The minimum Gasteiger partial charge on any atom is -0.370 e. The molecule has 0 unspecified atom stereocenters. The summed E-state index contributed by atoms with van der Waals surface area (Å²) < 4.78 is 0. The van der Waals surface area contributed by atoms with Crippen LogP contribution in [0.4, 0.5) is 5.82 Å². The average Bonchev–Trinajstić information content (AvgIpc) is 2.59. The van der Waals surface area contributed by atoms with Crippen molar-refractivity contribution >= 4 is 58.4 Å². The van der Waals surface area contributed by atoms with Crippen molar-refractivity contribution in [3.8, 4) is 0 Å².